The third-order valence-electron chi connectivity index (χ3n) is 4.39. The summed E-state index contributed by atoms with van der Waals surface area (Å²) in [6.07, 6.45) is 9.99. The highest BCUT2D eigenvalue weighted by Gasteiger charge is 2.24. The zero-order chi connectivity index (χ0) is 11.4. The Morgan fingerprint density at radius 1 is 1.06 bits per heavy atom. The fraction of sp³-hybridized carbons (Fsp3) is 0.929. The van der Waals surface area contributed by atoms with Gasteiger partial charge in [-0.1, -0.05) is 32.6 Å². The highest BCUT2D eigenvalue weighted by Crippen LogP contribution is 2.28. The number of nitrogens with one attached hydrogen (secondary N) is 1. The topological polar surface area (TPSA) is 29.1 Å². The summed E-state index contributed by atoms with van der Waals surface area (Å²) in [5.74, 6) is 1.68. The van der Waals surface area contributed by atoms with Crippen molar-refractivity contribution in [3.63, 3.8) is 0 Å². The molecule has 2 heteroatoms. The van der Waals surface area contributed by atoms with E-state index in [0.29, 0.717) is 24.3 Å². The van der Waals surface area contributed by atoms with E-state index in [1.54, 1.807) is 0 Å². The van der Waals surface area contributed by atoms with Gasteiger partial charge in [0.15, 0.2) is 0 Å². The molecule has 0 spiro atoms. The number of hydrogen-bond donors (Lipinski definition) is 1. The maximum Gasteiger partial charge on any atom is 0.149 e. The van der Waals surface area contributed by atoms with Crippen molar-refractivity contribution in [1.82, 2.24) is 5.32 Å². The van der Waals surface area contributed by atoms with Gasteiger partial charge in [0.1, 0.15) is 5.78 Å². The van der Waals surface area contributed by atoms with Crippen molar-refractivity contribution in [3.8, 4) is 0 Å². The number of carbonyl (C=O) groups is 1. The van der Waals surface area contributed by atoms with Crippen LogP contribution in [0.1, 0.15) is 58.3 Å². The van der Waals surface area contributed by atoms with E-state index in [1.165, 1.54) is 38.5 Å². The van der Waals surface area contributed by atoms with Gasteiger partial charge >= 0.3 is 0 Å². The lowest BCUT2D eigenvalue weighted by Gasteiger charge is -2.25. The summed E-state index contributed by atoms with van der Waals surface area (Å²) in [6, 6.07) is 0.631. The molecule has 92 valence electrons. The Kier molecular flexibility index (Phi) is 4.39. The molecule has 0 amide bonds. The summed E-state index contributed by atoms with van der Waals surface area (Å²) in [5.41, 5.74) is 0. The molecule has 0 aromatic rings. The van der Waals surface area contributed by atoms with E-state index in [1.807, 2.05) is 0 Å². The van der Waals surface area contributed by atoms with E-state index in [0.717, 1.165) is 18.8 Å². The zero-order valence-corrected chi connectivity index (χ0v) is 10.5. The Morgan fingerprint density at radius 3 is 2.31 bits per heavy atom. The van der Waals surface area contributed by atoms with Gasteiger partial charge in [-0.3, -0.25) is 4.79 Å². The number of hydrogen-bond acceptors (Lipinski definition) is 2. The Morgan fingerprint density at radius 2 is 1.69 bits per heavy atom. The van der Waals surface area contributed by atoms with Crippen molar-refractivity contribution in [2.45, 2.75) is 64.3 Å². The van der Waals surface area contributed by atoms with Crippen molar-refractivity contribution in [2.24, 2.45) is 11.8 Å². The van der Waals surface area contributed by atoms with Crippen LogP contribution in [0.5, 0.6) is 0 Å². The van der Waals surface area contributed by atoms with Gasteiger partial charge in [0.05, 0.1) is 6.54 Å². The molecule has 2 aliphatic carbocycles. The van der Waals surface area contributed by atoms with Gasteiger partial charge in [0.25, 0.3) is 0 Å². The van der Waals surface area contributed by atoms with Crippen LogP contribution in [0.25, 0.3) is 0 Å². The second-order valence-corrected chi connectivity index (χ2v) is 5.79. The van der Waals surface area contributed by atoms with E-state index in [4.69, 9.17) is 0 Å². The summed E-state index contributed by atoms with van der Waals surface area (Å²) in [5, 5.41) is 3.44. The molecule has 0 radical (unpaired) electrons. The van der Waals surface area contributed by atoms with Crippen molar-refractivity contribution >= 4 is 5.78 Å². The fourth-order valence-corrected chi connectivity index (χ4v) is 3.10. The van der Waals surface area contributed by atoms with Crippen LogP contribution in [0.4, 0.5) is 0 Å². The third-order valence-corrected chi connectivity index (χ3v) is 4.39. The lowest BCUT2D eigenvalue weighted by molar-refractivity contribution is -0.123. The average Bonchev–Trinajstić information content (AvgIpc) is 2.80. The van der Waals surface area contributed by atoms with Crippen LogP contribution in [0.2, 0.25) is 0 Å². The predicted molar refractivity (Wildman–Crippen MR) is 66.4 cm³/mol. The summed E-state index contributed by atoms with van der Waals surface area (Å²) in [4.78, 5) is 12.0. The number of rotatable bonds is 4. The normalized spacial score (nSPS) is 31.8. The Bertz CT molecular complexity index is 225. The van der Waals surface area contributed by atoms with Gasteiger partial charge in [-0.15, -0.1) is 0 Å². The summed E-state index contributed by atoms with van der Waals surface area (Å²) in [7, 11) is 0. The van der Waals surface area contributed by atoms with E-state index in [-0.39, 0.29) is 0 Å². The lowest BCUT2D eigenvalue weighted by Crippen LogP contribution is -2.35. The Balaban J connectivity index is 1.67. The van der Waals surface area contributed by atoms with Gasteiger partial charge in [-0.05, 0) is 31.6 Å². The maximum atomic E-state index is 12.0. The van der Waals surface area contributed by atoms with Crippen molar-refractivity contribution < 1.29 is 4.79 Å². The zero-order valence-electron chi connectivity index (χ0n) is 10.5. The lowest BCUT2D eigenvalue weighted by atomic mass is 9.81. The van der Waals surface area contributed by atoms with E-state index < -0.39 is 0 Å². The third kappa shape index (κ3) is 3.31. The molecule has 16 heavy (non-hydrogen) atoms. The van der Waals surface area contributed by atoms with Crippen LogP contribution < -0.4 is 5.32 Å². The number of ketones is 1. The molecule has 1 N–H and O–H groups in total. The predicted octanol–water partition coefficient (Wildman–Crippen LogP) is 2.91. The minimum absolute atomic E-state index is 0.366. The first-order valence-electron chi connectivity index (χ1n) is 7.02. The molecule has 0 unspecified atom stereocenters. The molecular weight excluding hydrogens is 198 g/mol. The number of Topliss-reactive ketones (excluding diaryl/α,β-unsaturated/α-hetero) is 1. The Hall–Kier alpha value is -0.370. The van der Waals surface area contributed by atoms with E-state index >= 15 is 0 Å². The molecule has 2 saturated carbocycles. The molecule has 2 fully saturated rings. The molecule has 0 heterocycles. The van der Waals surface area contributed by atoms with Gasteiger partial charge in [0, 0.05) is 12.0 Å². The van der Waals surface area contributed by atoms with Crippen LogP contribution >= 0.6 is 0 Å². The first kappa shape index (κ1) is 12.1. The Labute approximate surface area is 99.2 Å². The highest BCUT2D eigenvalue weighted by atomic mass is 16.1. The molecule has 0 aromatic heterocycles. The van der Waals surface area contributed by atoms with Crippen molar-refractivity contribution in [3.05, 3.63) is 0 Å². The average molecular weight is 223 g/mol. The standard InChI is InChI=1S/C14H25NO/c1-11-6-8-12(9-7-11)14(16)10-15-13-4-2-3-5-13/h11-13,15H,2-10H2,1H3. The molecule has 0 saturated heterocycles. The molecular formula is C14H25NO. The first-order valence-corrected chi connectivity index (χ1v) is 7.02. The van der Waals surface area contributed by atoms with E-state index in [9.17, 15) is 4.79 Å². The summed E-state index contributed by atoms with van der Waals surface area (Å²) in [6.45, 7) is 2.93. The van der Waals surface area contributed by atoms with Gasteiger partial charge < -0.3 is 5.32 Å². The van der Waals surface area contributed by atoms with Gasteiger partial charge in [-0.25, -0.2) is 0 Å². The molecule has 0 atom stereocenters. The van der Waals surface area contributed by atoms with Crippen LogP contribution in [-0.2, 0) is 4.79 Å². The minimum Gasteiger partial charge on any atom is -0.307 e. The first-order chi connectivity index (χ1) is 7.75. The monoisotopic (exact) mass is 223 g/mol. The molecule has 0 aliphatic heterocycles. The van der Waals surface area contributed by atoms with Gasteiger partial charge in [-0.2, -0.15) is 0 Å². The van der Waals surface area contributed by atoms with Crippen molar-refractivity contribution in [1.29, 1.82) is 0 Å². The van der Waals surface area contributed by atoms with Crippen LogP contribution in [-0.4, -0.2) is 18.4 Å². The van der Waals surface area contributed by atoms with Crippen LogP contribution in [0.15, 0.2) is 0 Å². The largest absolute Gasteiger partial charge is 0.307 e. The second-order valence-electron chi connectivity index (χ2n) is 5.79. The fourth-order valence-electron chi connectivity index (χ4n) is 3.10. The summed E-state index contributed by atoms with van der Waals surface area (Å²) < 4.78 is 0. The van der Waals surface area contributed by atoms with Crippen LogP contribution in [0, 0.1) is 11.8 Å². The van der Waals surface area contributed by atoms with Gasteiger partial charge in [0.2, 0.25) is 0 Å². The minimum atomic E-state index is 0.366. The molecule has 2 rings (SSSR count). The molecule has 2 aliphatic rings. The number of carbonyl (C=O) groups excluding carboxylic acids is 1. The second kappa shape index (κ2) is 5.81. The quantitative estimate of drug-likeness (QED) is 0.794. The van der Waals surface area contributed by atoms with Crippen LogP contribution in [0.3, 0.4) is 0 Å². The van der Waals surface area contributed by atoms with E-state index in [2.05, 4.69) is 12.2 Å². The maximum absolute atomic E-state index is 12.0. The molecule has 2 nitrogen and oxygen atoms in total. The highest BCUT2D eigenvalue weighted by molar-refractivity contribution is 5.83. The smallest absolute Gasteiger partial charge is 0.149 e. The van der Waals surface area contributed by atoms with Crippen molar-refractivity contribution in [2.75, 3.05) is 6.54 Å². The molecule has 0 aromatic carbocycles. The molecule has 0 bridgehead atoms. The SMILES string of the molecule is CC1CCC(C(=O)CNC2CCCC2)CC1. The summed E-state index contributed by atoms with van der Waals surface area (Å²) >= 11 is 0.